The lowest BCUT2D eigenvalue weighted by molar-refractivity contribution is -0.120. The van der Waals surface area contributed by atoms with Gasteiger partial charge in [0.25, 0.3) is 0 Å². The van der Waals surface area contributed by atoms with Gasteiger partial charge in [-0.1, -0.05) is 57.8 Å². The van der Waals surface area contributed by atoms with E-state index >= 15 is 0 Å². The van der Waals surface area contributed by atoms with E-state index in [1.165, 1.54) is 38.5 Å². The number of hydrogen-bond acceptors (Lipinski definition) is 1. The molecule has 17 heavy (non-hydrogen) atoms. The van der Waals surface area contributed by atoms with E-state index in [-0.39, 0.29) is 12.2 Å². The van der Waals surface area contributed by atoms with Crippen LogP contribution in [0.4, 0.5) is 4.39 Å². The topological polar surface area (TPSA) is 17.1 Å². The number of carbonyl (C=O) groups is 1. The van der Waals surface area contributed by atoms with E-state index in [1.807, 2.05) is 0 Å². The highest BCUT2D eigenvalue weighted by molar-refractivity contribution is 5.78. The second kappa shape index (κ2) is 9.61. The highest BCUT2D eigenvalue weighted by Gasteiger charge is 2.12. The van der Waals surface area contributed by atoms with E-state index in [0.717, 1.165) is 25.7 Å². The summed E-state index contributed by atoms with van der Waals surface area (Å²) < 4.78 is 13.5. The smallest absolute Gasteiger partial charge is 0.135 e. The Morgan fingerprint density at radius 2 is 1.24 bits per heavy atom. The molecule has 1 aliphatic rings. The molecule has 0 aromatic heterocycles. The fraction of sp³-hybridized carbons (Fsp3) is 0.933. The molecular weight excluding hydrogens is 215 g/mol. The summed E-state index contributed by atoms with van der Waals surface area (Å²) in [6.45, 7) is 0. The Balaban J connectivity index is 2.23. The molecule has 1 aliphatic carbocycles. The van der Waals surface area contributed by atoms with Crippen molar-refractivity contribution in [3.8, 4) is 0 Å². The molecule has 1 saturated carbocycles. The van der Waals surface area contributed by atoms with Crippen molar-refractivity contribution in [2.24, 2.45) is 0 Å². The molecule has 1 fully saturated rings. The molecular formula is C15H27FO. The second-order valence-electron chi connectivity index (χ2n) is 5.41. The number of carbonyl (C=O) groups excluding carboxylic acids is 1. The first-order valence-corrected chi connectivity index (χ1v) is 7.45. The lowest BCUT2D eigenvalue weighted by atomic mass is 10.0. The molecule has 2 heteroatoms. The lowest BCUT2D eigenvalue weighted by Crippen LogP contribution is -2.09. The van der Waals surface area contributed by atoms with Gasteiger partial charge in [-0.05, 0) is 12.8 Å². The molecule has 0 N–H and O–H groups in total. The summed E-state index contributed by atoms with van der Waals surface area (Å²) in [5, 5.41) is 0. The Hall–Kier alpha value is -0.400. The number of Topliss-reactive ketones (excluding diaryl/α,β-unsaturated/α-hetero) is 1. The van der Waals surface area contributed by atoms with Gasteiger partial charge in [-0.3, -0.25) is 4.79 Å². The zero-order valence-electron chi connectivity index (χ0n) is 11.1. The van der Waals surface area contributed by atoms with Gasteiger partial charge in [-0.25, -0.2) is 4.39 Å². The van der Waals surface area contributed by atoms with Crippen LogP contribution in [0.2, 0.25) is 0 Å². The summed E-state index contributed by atoms with van der Waals surface area (Å²) in [5.74, 6) is 0.132. The van der Waals surface area contributed by atoms with Crippen LogP contribution in [0.1, 0.15) is 83.5 Å². The maximum atomic E-state index is 13.5. The molecule has 0 saturated heterocycles. The Labute approximate surface area is 105 Å². The molecule has 100 valence electrons. The molecule has 0 aromatic rings. The summed E-state index contributed by atoms with van der Waals surface area (Å²) in [5.41, 5.74) is 0. The molecule has 0 aromatic carbocycles. The third kappa shape index (κ3) is 8.34. The average Bonchev–Trinajstić information content (AvgIpc) is 2.30. The van der Waals surface area contributed by atoms with Gasteiger partial charge in [-0.15, -0.1) is 0 Å². The molecule has 1 nitrogen and oxygen atoms in total. The molecule has 1 rings (SSSR count). The third-order valence-electron chi connectivity index (χ3n) is 3.67. The van der Waals surface area contributed by atoms with Crippen molar-refractivity contribution >= 4 is 5.78 Å². The monoisotopic (exact) mass is 242 g/mol. The van der Waals surface area contributed by atoms with Gasteiger partial charge in [-0.2, -0.15) is 0 Å². The average molecular weight is 242 g/mol. The largest absolute Gasteiger partial charge is 0.300 e. The fourth-order valence-corrected chi connectivity index (χ4v) is 2.55. The van der Waals surface area contributed by atoms with Gasteiger partial charge in [0.05, 0.1) is 0 Å². The molecule has 0 spiro atoms. The molecule has 0 amide bonds. The van der Waals surface area contributed by atoms with Gasteiger partial charge in [0.15, 0.2) is 0 Å². The van der Waals surface area contributed by atoms with Crippen LogP contribution in [0.25, 0.3) is 0 Å². The van der Waals surface area contributed by atoms with Crippen molar-refractivity contribution in [3.63, 3.8) is 0 Å². The summed E-state index contributed by atoms with van der Waals surface area (Å²) >= 11 is 0. The Morgan fingerprint density at radius 1 is 0.765 bits per heavy atom. The minimum Gasteiger partial charge on any atom is -0.300 e. The van der Waals surface area contributed by atoms with Crippen LogP contribution in [-0.2, 0) is 4.79 Å². The lowest BCUT2D eigenvalue weighted by Gasteiger charge is -2.07. The molecule has 1 atom stereocenters. The first-order chi connectivity index (χ1) is 8.29. The van der Waals surface area contributed by atoms with E-state index in [1.54, 1.807) is 0 Å². The molecule has 0 bridgehead atoms. The van der Waals surface area contributed by atoms with Crippen molar-refractivity contribution in [1.82, 2.24) is 0 Å². The fourth-order valence-electron chi connectivity index (χ4n) is 2.55. The van der Waals surface area contributed by atoms with Crippen molar-refractivity contribution in [3.05, 3.63) is 0 Å². The molecule has 1 unspecified atom stereocenters. The normalized spacial score (nSPS) is 27.1. The van der Waals surface area contributed by atoms with Crippen molar-refractivity contribution in [2.45, 2.75) is 89.6 Å². The van der Waals surface area contributed by atoms with Crippen LogP contribution in [0.3, 0.4) is 0 Å². The van der Waals surface area contributed by atoms with Crippen LogP contribution < -0.4 is 0 Å². The molecule has 0 heterocycles. The van der Waals surface area contributed by atoms with Gasteiger partial charge in [0, 0.05) is 12.8 Å². The van der Waals surface area contributed by atoms with Gasteiger partial charge < -0.3 is 0 Å². The third-order valence-corrected chi connectivity index (χ3v) is 3.67. The quantitative estimate of drug-likeness (QED) is 0.585. The van der Waals surface area contributed by atoms with Crippen molar-refractivity contribution < 1.29 is 9.18 Å². The Kier molecular flexibility index (Phi) is 8.29. The van der Waals surface area contributed by atoms with E-state index in [2.05, 4.69) is 0 Å². The number of ketones is 1. The highest BCUT2D eigenvalue weighted by atomic mass is 19.1. The minimum atomic E-state index is -0.882. The summed E-state index contributed by atoms with van der Waals surface area (Å²) in [4.78, 5) is 11.5. The molecule has 0 radical (unpaired) electrons. The van der Waals surface area contributed by atoms with Crippen molar-refractivity contribution in [1.29, 1.82) is 0 Å². The van der Waals surface area contributed by atoms with E-state index in [0.29, 0.717) is 12.8 Å². The van der Waals surface area contributed by atoms with Gasteiger partial charge >= 0.3 is 0 Å². The van der Waals surface area contributed by atoms with E-state index in [9.17, 15) is 9.18 Å². The molecule has 0 aliphatic heterocycles. The minimum absolute atomic E-state index is 0.132. The first kappa shape index (κ1) is 14.7. The number of halogens is 1. The highest BCUT2D eigenvalue weighted by Crippen LogP contribution is 2.16. The van der Waals surface area contributed by atoms with Gasteiger partial charge in [0.1, 0.15) is 12.0 Å². The predicted octanol–water partition coefficient (Wildman–Crippen LogP) is 4.98. The van der Waals surface area contributed by atoms with Crippen LogP contribution in [-0.4, -0.2) is 12.0 Å². The number of hydrogen-bond donors (Lipinski definition) is 0. The standard InChI is InChI=1S/C15H27FO/c16-14-11-9-7-5-3-1-2-4-6-8-10-12-15(17)13-14/h14H,1-13H2. The number of alkyl halides is 1. The zero-order chi connectivity index (χ0) is 12.3. The Morgan fingerprint density at radius 3 is 1.82 bits per heavy atom. The Bertz CT molecular complexity index is 203. The van der Waals surface area contributed by atoms with Gasteiger partial charge in [0.2, 0.25) is 0 Å². The predicted molar refractivity (Wildman–Crippen MR) is 69.9 cm³/mol. The van der Waals surface area contributed by atoms with Crippen LogP contribution in [0, 0.1) is 0 Å². The SMILES string of the molecule is O=C1CCCCCCCCCCCCC(F)C1. The van der Waals surface area contributed by atoms with Crippen LogP contribution in [0.5, 0.6) is 0 Å². The maximum absolute atomic E-state index is 13.5. The summed E-state index contributed by atoms with van der Waals surface area (Å²) in [6, 6.07) is 0. The second-order valence-corrected chi connectivity index (χ2v) is 5.41. The summed E-state index contributed by atoms with van der Waals surface area (Å²) in [6.07, 6.45) is 12.4. The van der Waals surface area contributed by atoms with E-state index in [4.69, 9.17) is 0 Å². The summed E-state index contributed by atoms with van der Waals surface area (Å²) in [7, 11) is 0. The van der Waals surface area contributed by atoms with Crippen molar-refractivity contribution in [2.75, 3.05) is 0 Å². The van der Waals surface area contributed by atoms with Crippen LogP contribution >= 0.6 is 0 Å². The van der Waals surface area contributed by atoms with E-state index < -0.39 is 6.17 Å². The zero-order valence-corrected chi connectivity index (χ0v) is 11.1. The van der Waals surface area contributed by atoms with Crippen LogP contribution in [0.15, 0.2) is 0 Å². The number of rotatable bonds is 0. The maximum Gasteiger partial charge on any atom is 0.135 e. The first-order valence-electron chi connectivity index (χ1n) is 7.45.